The molecule has 0 aromatic heterocycles. The lowest BCUT2D eigenvalue weighted by molar-refractivity contribution is 0.258. The molecule has 16 heavy (non-hydrogen) atoms. The number of rotatable bonds is 2. The van der Waals surface area contributed by atoms with E-state index in [9.17, 15) is 8.42 Å². The number of nitrogens with one attached hydrogen (secondary N) is 1. The fraction of sp³-hybridized carbons (Fsp3) is 1.00. The molecule has 1 aliphatic carbocycles. The topological polar surface area (TPSA) is 52.7 Å². The van der Waals surface area contributed by atoms with Crippen molar-refractivity contribution in [2.75, 3.05) is 26.2 Å². The van der Waals surface area contributed by atoms with Crippen LogP contribution in [0.2, 0.25) is 0 Å². The first-order chi connectivity index (χ1) is 7.69. The van der Waals surface area contributed by atoms with Crippen molar-refractivity contribution in [1.82, 2.24) is 13.9 Å². The van der Waals surface area contributed by atoms with Crippen LogP contribution in [-0.2, 0) is 10.2 Å². The first-order valence-electron chi connectivity index (χ1n) is 6.19. The van der Waals surface area contributed by atoms with Crippen molar-refractivity contribution in [3.63, 3.8) is 0 Å². The van der Waals surface area contributed by atoms with Crippen LogP contribution < -0.4 is 5.32 Å². The third-order valence-corrected chi connectivity index (χ3v) is 6.18. The molecule has 0 aromatic rings. The van der Waals surface area contributed by atoms with E-state index >= 15 is 0 Å². The lowest BCUT2D eigenvalue weighted by Gasteiger charge is -2.35. The maximum absolute atomic E-state index is 12.3. The molecule has 2 saturated heterocycles. The van der Waals surface area contributed by atoms with Gasteiger partial charge < -0.3 is 5.32 Å². The van der Waals surface area contributed by atoms with E-state index < -0.39 is 10.2 Å². The van der Waals surface area contributed by atoms with Crippen LogP contribution in [0.25, 0.3) is 0 Å². The summed E-state index contributed by atoms with van der Waals surface area (Å²) in [6.45, 7) is 3.02. The van der Waals surface area contributed by atoms with Gasteiger partial charge >= 0.3 is 0 Å². The Morgan fingerprint density at radius 1 is 0.938 bits per heavy atom. The van der Waals surface area contributed by atoms with Crippen molar-refractivity contribution in [3.05, 3.63) is 0 Å². The number of nitrogens with zero attached hydrogens (tertiary/aromatic N) is 2. The van der Waals surface area contributed by atoms with E-state index in [4.69, 9.17) is 0 Å². The molecule has 92 valence electrons. The summed E-state index contributed by atoms with van der Waals surface area (Å²) >= 11 is 0. The number of hydrogen-bond acceptors (Lipinski definition) is 3. The Hall–Kier alpha value is -0.170. The van der Waals surface area contributed by atoms with Gasteiger partial charge in [0.15, 0.2) is 0 Å². The summed E-state index contributed by atoms with van der Waals surface area (Å²) in [6, 6.07) is 0.486. The second-order valence-corrected chi connectivity index (χ2v) is 6.81. The van der Waals surface area contributed by atoms with Crippen LogP contribution in [0, 0.1) is 0 Å². The van der Waals surface area contributed by atoms with Gasteiger partial charge in [0.25, 0.3) is 10.2 Å². The highest BCUT2D eigenvalue weighted by Crippen LogP contribution is 2.31. The van der Waals surface area contributed by atoms with Crippen molar-refractivity contribution in [2.45, 2.75) is 37.8 Å². The third kappa shape index (κ3) is 1.59. The molecule has 0 amide bonds. The highest BCUT2D eigenvalue weighted by molar-refractivity contribution is 7.87. The Morgan fingerprint density at radius 2 is 1.50 bits per heavy atom. The first-order valence-corrected chi connectivity index (χ1v) is 7.58. The summed E-state index contributed by atoms with van der Waals surface area (Å²) in [5.41, 5.74) is 0. The molecule has 6 heteroatoms. The molecule has 2 heterocycles. The predicted molar refractivity (Wildman–Crippen MR) is 61.2 cm³/mol. The second kappa shape index (κ2) is 3.94. The Morgan fingerprint density at radius 3 is 2.00 bits per heavy atom. The maximum Gasteiger partial charge on any atom is 0.282 e. The molecule has 3 fully saturated rings. The molecule has 0 atom stereocenters. The Balaban J connectivity index is 1.77. The van der Waals surface area contributed by atoms with Gasteiger partial charge in [0, 0.05) is 32.2 Å². The molecule has 5 nitrogen and oxygen atoms in total. The molecular weight excluding hydrogens is 226 g/mol. The highest BCUT2D eigenvalue weighted by Gasteiger charge is 2.45. The van der Waals surface area contributed by atoms with Crippen LogP contribution in [0.1, 0.15) is 25.7 Å². The van der Waals surface area contributed by atoms with Gasteiger partial charge in [-0.3, -0.25) is 0 Å². The van der Waals surface area contributed by atoms with Crippen molar-refractivity contribution in [3.8, 4) is 0 Å². The van der Waals surface area contributed by atoms with Gasteiger partial charge in [-0.2, -0.15) is 17.0 Å². The van der Waals surface area contributed by atoms with E-state index in [-0.39, 0.29) is 12.1 Å². The molecule has 0 bridgehead atoms. The van der Waals surface area contributed by atoms with E-state index in [0.29, 0.717) is 13.1 Å². The smallest absolute Gasteiger partial charge is 0.282 e. The molecule has 1 N–H and O–H groups in total. The second-order valence-electron chi connectivity index (χ2n) is 4.98. The molecule has 0 radical (unpaired) electrons. The van der Waals surface area contributed by atoms with Crippen molar-refractivity contribution >= 4 is 10.2 Å². The fourth-order valence-corrected chi connectivity index (χ4v) is 4.98. The molecule has 2 aliphatic heterocycles. The van der Waals surface area contributed by atoms with Crippen LogP contribution in [-0.4, -0.2) is 55.3 Å². The standard InChI is InChI=1S/C10H19N3O2S/c14-16(15)12(9-3-1-2-4-9)5-6-13(16)10-7-11-8-10/h9-11H,1-8H2. The van der Waals surface area contributed by atoms with Crippen LogP contribution >= 0.6 is 0 Å². The summed E-state index contributed by atoms with van der Waals surface area (Å²) in [6.07, 6.45) is 4.47. The van der Waals surface area contributed by atoms with Crippen molar-refractivity contribution in [2.24, 2.45) is 0 Å². The minimum Gasteiger partial charge on any atom is -0.313 e. The van der Waals surface area contributed by atoms with Crippen molar-refractivity contribution < 1.29 is 8.42 Å². The van der Waals surface area contributed by atoms with E-state index in [2.05, 4.69) is 5.32 Å². The normalized spacial score (nSPS) is 33.2. The molecule has 1 saturated carbocycles. The van der Waals surface area contributed by atoms with Crippen LogP contribution in [0.4, 0.5) is 0 Å². The lowest BCUT2D eigenvalue weighted by atomic mass is 10.2. The molecular formula is C10H19N3O2S. The maximum atomic E-state index is 12.3. The SMILES string of the molecule is O=S1(=O)N(C2CCCC2)CCN1C1CNC1. The summed E-state index contributed by atoms with van der Waals surface area (Å²) < 4.78 is 28.1. The summed E-state index contributed by atoms with van der Waals surface area (Å²) in [4.78, 5) is 0. The van der Waals surface area contributed by atoms with Crippen molar-refractivity contribution in [1.29, 1.82) is 0 Å². The molecule has 0 spiro atoms. The van der Waals surface area contributed by atoms with Gasteiger partial charge in [0.1, 0.15) is 0 Å². The summed E-state index contributed by atoms with van der Waals surface area (Å²) in [7, 11) is -3.14. The first kappa shape index (κ1) is 11.0. The highest BCUT2D eigenvalue weighted by atomic mass is 32.2. The minimum atomic E-state index is -3.14. The monoisotopic (exact) mass is 245 g/mol. The van der Waals surface area contributed by atoms with Crippen LogP contribution in [0.15, 0.2) is 0 Å². The zero-order chi connectivity index (χ0) is 11.2. The van der Waals surface area contributed by atoms with E-state index in [0.717, 1.165) is 25.9 Å². The lowest BCUT2D eigenvalue weighted by Crippen LogP contribution is -2.58. The summed E-state index contributed by atoms with van der Waals surface area (Å²) in [5.74, 6) is 0. The van der Waals surface area contributed by atoms with Gasteiger partial charge in [0.05, 0.1) is 6.04 Å². The van der Waals surface area contributed by atoms with Crippen LogP contribution in [0.5, 0.6) is 0 Å². The van der Waals surface area contributed by atoms with Crippen LogP contribution in [0.3, 0.4) is 0 Å². The van der Waals surface area contributed by atoms with Gasteiger partial charge in [-0.05, 0) is 12.8 Å². The van der Waals surface area contributed by atoms with Gasteiger partial charge in [-0.1, -0.05) is 12.8 Å². The average Bonchev–Trinajstić information content (AvgIpc) is 2.73. The molecule has 0 aromatic carbocycles. The Bertz CT molecular complexity index is 360. The largest absolute Gasteiger partial charge is 0.313 e. The molecule has 0 unspecified atom stereocenters. The summed E-state index contributed by atoms with van der Waals surface area (Å²) in [5, 5.41) is 3.14. The fourth-order valence-electron chi connectivity index (χ4n) is 2.97. The van der Waals surface area contributed by atoms with E-state index in [1.165, 1.54) is 12.8 Å². The quantitative estimate of drug-likeness (QED) is 0.731. The third-order valence-electron chi connectivity index (χ3n) is 4.03. The Kier molecular flexibility index (Phi) is 2.70. The average molecular weight is 245 g/mol. The van der Waals surface area contributed by atoms with Gasteiger partial charge in [0.2, 0.25) is 0 Å². The zero-order valence-corrected chi connectivity index (χ0v) is 10.2. The molecule has 3 rings (SSSR count). The van der Waals surface area contributed by atoms with E-state index in [1.807, 2.05) is 0 Å². The number of hydrogen-bond donors (Lipinski definition) is 1. The molecule has 3 aliphatic rings. The van der Waals surface area contributed by atoms with Gasteiger partial charge in [-0.25, -0.2) is 0 Å². The predicted octanol–water partition coefficient (Wildman–Crippen LogP) is -0.237. The van der Waals surface area contributed by atoms with Gasteiger partial charge in [-0.15, -0.1) is 0 Å². The minimum absolute atomic E-state index is 0.205. The Labute approximate surface area is 97.0 Å². The zero-order valence-electron chi connectivity index (χ0n) is 9.43. The van der Waals surface area contributed by atoms with E-state index in [1.54, 1.807) is 8.61 Å².